The Hall–Kier alpha value is -2.89. The van der Waals surface area contributed by atoms with Crippen LogP contribution in [-0.2, 0) is 6.54 Å². The summed E-state index contributed by atoms with van der Waals surface area (Å²) in [5, 5.41) is 11.5. The lowest BCUT2D eigenvalue weighted by Gasteiger charge is -2.10. The van der Waals surface area contributed by atoms with Crippen LogP contribution in [0.15, 0.2) is 41.3 Å². The minimum atomic E-state index is -1.19. The number of nitrogens with one attached hydrogen (secondary N) is 1. The van der Waals surface area contributed by atoms with E-state index in [0.717, 1.165) is 17.2 Å². The summed E-state index contributed by atoms with van der Waals surface area (Å²) in [6, 6.07) is 8.62. The molecule has 0 fully saturated rings. The highest BCUT2D eigenvalue weighted by atomic mass is 16.4. The van der Waals surface area contributed by atoms with E-state index < -0.39 is 17.4 Å². The number of carbonyl (C=O) groups is 2. The fourth-order valence-corrected chi connectivity index (χ4v) is 2.17. The first-order valence-corrected chi connectivity index (χ1v) is 6.67. The number of carboxylic acid groups (broad SMARTS) is 1. The van der Waals surface area contributed by atoms with Gasteiger partial charge >= 0.3 is 5.97 Å². The summed E-state index contributed by atoms with van der Waals surface area (Å²) in [7, 11) is 1.39. The summed E-state index contributed by atoms with van der Waals surface area (Å²) in [5.74, 6) is -1.80. The fourth-order valence-electron chi connectivity index (χ4n) is 2.17. The van der Waals surface area contributed by atoms with Gasteiger partial charge in [0.1, 0.15) is 5.56 Å². The zero-order chi connectivity index (χ0) is 16.3. The monoisotopic (exact) mass is 300 g/mol. The average molecular weight is 300 g/mol. The van der Waals surface area contributed by atoms with Gasteiger partial charge in [-0.3, -0.25) is 9.59 Å². The van der Waals surface area contributed by atoms with Crippen molar-refractivity contribution in [1.29, 1.82) is 0 Å². The number of hydrogen-bond acceptors (Lipinski definition) is 3. The molecule has 22 heavy (non-hydrogen) atoms. The molecule has 2 N–H and O–H groups in total. The van der Waals surface area contributed by atoms with Gasteiger partial charge in [0.15, 0.2) is 0 Å². The number of aromatic carboxylic acids is 1. The number of benzene rings is 1. The van der Waals surface area contributed by atoms with Gasteiger partial charge in [-0.1, -0.05) is 29.8 Å². The number of nitrogens with zero attached hydrogens (tertiary/aromatic N) is 1. The SMILES string of the molecule is CNC(=O)c1cc(C(=O)O)cn(Cc2cccc(C)c2)c1=O. The summed E-state index contributed by atoms with van der Waals surface area (Å²) < 4.78 is 1.24. The Labute approximate surface area is 127 Å². The maximum Gasteiger partial charge on any atom is 0.337 e. The lowest BCUT2D eigenvalue weighted by atomic mass is 10.1. The van der Waals surface area contributed by atoms with Crippen molar-refractivity contribution in [3.8, 4) is 0 Å². The Morgan fingerprint density at radius 1 is 1.27 bits per heavy atom. The Morgan fingerprint density at radius 3 is 2.59 bits per heavy atom. The summed E-state index contributed by atoms with van der Waals surface area (Å²) in [6.45, 7) is 2.13. The van der Waals surface area contributed by atoms with Crippen LogP contribution < -0.4 is 10.9 Å². The molecule has 0 aliphatic heterocycles. The summed E-state index contributed by atoms with van der Waals surface area (Å²) in [6.07, 6.45) is 1.25. The molecule has 0 radical (unpaired) electrons. The van der Waals surface area contributed by atoms with Gasteiger partial charge in [0.05, 0.1) is 12.1 Å². The van der Waals surface area contributed by atoms with E-state index >= 15 is 0 Å². The number of pyridine rings is 1. The minimum absolute atomic E-state index is 0.106. The highest BCUT2D eigenvalue weighted by Crippen LogP contribution is 2.07. The highest BCUT2D eigenvalue weighted by molar-refractivity contribution is 5.96. The van der Waals surface area contributed by atoms with Gasteiger partial charge in [0, 0.05) is 13.2 Å². The van der Waals surface area contributed by atoms with Crippen molar-refractivity contribution in [2.24, 2.45) is 0 Å². The molecule has 0 saturated carbocycles. The number of aromatic nitrogens is 1. The van der Waals surface area contributed by atoms with E-state index in [1.165, 1.54) is 17.8 Å². The van der Waals surface area contributed by atoms with Gasteiger partial charge in [-0.15, -0.1) is 0 Å². The van der Waals surface area contributed by atoms with Gasteiger partial charge in [0.2, 0.25) is 0 Å². The van der Waals surface area contributed by atoms with Crippen LogP contribution in [0.1, 0.15) is 31.8 Å². The average Bonchev–Trinajstić information content (AvgIpc) is 2.48. The van der Waals surface area contributed by atoms with Crippen LogP contribution in [-0.4, -0.2) is 28.6 Å². The number of carboxylic acids is 1. The van der Waals surface area contributed by atoms with Gasteiger partial charge in [-0.25, -0.2) is 4.79 Å². The number of hydrogen-bond donors (Lipinski definition) is 2. The molecule has 0 aliphatic rings. The molecule has 0 atom stereocenters. The molecular weight excluding hydrogens is 284 g/mol. The molecule has 1 heterocycles. The van der Waals surface area contributed by atoms with Crippen molar-refractivity contribution in [2.75, 3.05) is 7.05 Å². The molecule has 1 aromatic carbocycles. The molecule has 0 saturated heterocycles. The molecule has 6 nitrogen and oxygen atoms in total. The van der Waals surface area contributed by atoms with Crippen molar-refractivity contribution >= 4 is 11.9 Å². The first-order chi connectivity index (χ1) is 10.4. The normalized spacial score (nSPS) is 10.3. The van der Waals surface area contributed by atoms with Crippen molar-refractivity contribution in [1.82, 2.24) is 9.88 Å². The molecule has 0 aliphatic carbocycles. The third kappa shape index (κ3) is 3.22. The summed E-state index contributed by atoms with van der Waals surface area (Å²) >= 11 is 0. The van der Waals surface area contributed by atoms with E-state index in [4.69, 9.17) is 5.11 Å². The highest BCUT2D eigenvalue weighted by Gasteiger charge is 2.16. The summed E-state index contributed by atoms with van der Waals surface area (Å²) in [5.41, 5.74) is 1.07. The second-order valence-electron chi connectivity index (χ2n) is 4.95. The van der Waals surface area contributed by atoms with Crippen LogP contribution in [0, 0.1) is 6.92 Å². The predicted molar refractivity (Wildman–Crippen MR) is 81.3 cm³/mol. The molecular formula is C16H16N2O4. The molecule has 0 bridgehead atoms. The molecule has 2 rings (SSSR count). The van der Waals surface area contributed by atoms with E-state index in [2.05, 4.69) is 5.32 Å². The zero-order valence-corrected chi connectivity index (χ0v) is 12.3. The molecule has 1 aromatic heterocycles. The van der Waals surface area contributed by atoms with E-state index in [1.54, 1.807) is 0 Å². The minimum Gasteiger partial charge on any atom is -0.478 e. The lowest BCUT2D eigenvalue weighted by Crippen LogP contribution is -2.32. The maximum atomic E-state index is 12.3. The van der Waals surface area contributed by atoms with E-state index in [9.17, 15) is 14.4 Å². The molecule has 1 amide bonds. The van der Waals surface area contributed by atoms with Gasteiger partial charge in [-0.2, -0.15) is 0 Å². The van der Waals surface area contributed by atoms with Crippen molar-refractivity contribution < 1.29 is 14.7 Å². The Bertz CT molecular complexity index is 793. The van der Waals surface area contributed by atoms with Crippen LogP contribution in [0.5, 0.6) is 0 Å². The second-order valence-corrected chi connectivity index (χ2v) is 4.95. The zero-order valence-electron chi connectivity index (χ0n) is 12.3. The Balaban J connectivity index is 2.54. The molecule has 6 heteroatoms. The quantitative estimate of drug-likeness (QED) is 0.890. The number of amides is 1. The third-order valence-electron chi connectivity index (χ3n) is 3.24. The Kier molecular flexibility index (Phi) is 4.41. The van der Waals surface area contributed by atoms with Gasteiger partial charge in [0.25, 0.3) is 11.5 Å². The molecule has 0 unspecified atom stereocenters. The first-order valence-electron chi connectivity index (χ1n) is 6.67. The maximum absolute atomic E-state index is 12.3. The van der Waals surface area contributed by atoms with Crippen molar-refractivity contribution in [3.63, 3.8) is 0 Å². The van der Waals surface area contributed by atoms with Crippen molar-refractivity contribution in [2.45, 2.75) is 13.5 Å². The van der Waals surface area contributed by atoms with Crippen LogP contribution in [0.4, 0.5) is 0 Å². The smallest absolute Gasteiger partial charge is 0.337 e. The first kappa shape index (κ1) is 15.5. The van der Waals surface area contributed by atoms with E-state index in [0.29, 0.717) is 0 Å². The number of rotatable bonds is 4. The molecule has 114 valence electrons. The lowest BCUT2D eigenvalue weighted by molar-refractivity contribution is 0.0696. The standard InChI is InChI=1S/C16H16N2O4/c1-10-4-3-5-11(6-10)8-18-9-12(16(21)22)7-13(15(18)20)14(19)17-2/h3-7,9H,8H2,1-2H3,(H,17,19)(H,21,22). The van der Waals surface area contributed by atoms with Crippen LogP contribution in [0.2, 0.25) is 0 Å². The Morgan fingerprint density at radius 2 is 2.00 bits per heavy atom. The van der Waals surface area contributed by atoms with E-state index in [1.807, 2.05) is 31.2 Å². The van der Waals surface area contributed by atoms with Crippen LogP contribution >= 0.6 is 0 Å². The second kappa shape index (κ2) is 6.26. The summed E-state index contributed by atoms with van der Waals surface area (Å²) in [4.78, 5) is 35.3. The molecule has 2 aromatic rings. The van der Waals surface area contributed by atoms with Crippen LogP contribution in [0.3, 0.4) is 0 Å². The topological polar surface area (TPSA) is 88.4 Å². The molecule has 0 spiro atoms. The van der Waals surface area contributed by atoms with Crippen molar-refractivity contribution in [3.05, 3.63) is 69.1 Å². The fraction of sp³-hybridized carbons (Fsp3) is 0.188. The third-order valence-corrected chi connectivity index (χ3v) is 3.24. The van der Waals surface area contributed by atoms with Gasteiger partial charge < -0.3 is 15.0 Å². The number of aryl methyl sites for hydroxylation is 1. The number of carbonyl (C=O) groups excluding carboxylic acids is 1. The predicted octanol–water partition coefficient (Wildman–Crippen LogP) is 1.26. The van der Waals surface area contributed by atoms with Gasteiger partial charge in [-0.05, 0) is 18.6 Å². The largest absolute Gasteiger partial charge is 0.478 e. The van der Waals surface area contributed by atoms with E-state index in [-0.39, 0.29) is 17.7 Å². The van der Waals surface area contributed by atoms with Crippen LogP contribution in [0.25, 0.3) is 0 Å².